The first-order valence-electron chi connectivity index (χ1n) is 1.64. The Morgan fingerprint density at radius 1 is 0.571 bits per heavy atom. The van der Waals surface area contributed by atoms with Crippen molar-refractivity contribution >= 4 is 38.6 Å². The van der Waals surface area contributed by atoms with Crippen LogP contribution < -0.4 is 0 Å². The Hall–Kier alpha value is -1.23. The molecule has 82 valence electrons. The third-order valence-corrected chi connectivity index (χ3v) is 0. The molecule has 0 amide bonds. The van der Waals surface area contributed by atoms with Gasteiger partial charge in [-0.25, -0.2) is 0 Å². The zero-order valence-corrected chi connectivity index (χ0v) is 10.2. The molecular formula is HBiClN3O9. The molecule has 0 aromatic carbocycles. The van der Waals surface area contributed by atoms with Crippen LogP contribution in [0.4, 0.5) is 0 Å². The normalized spacial score (nSPS) is 5.14. The van der Waals surface area contributed by atoms with Crippen LogP contribution in [-0.2, 0) is 0 Å². The maximum atomic E-state index is 8.25. The standard InChI is InChI=1S/Bi.ClH.3NO3/c;;3*2-1(3)4/h;1H;;;/q+3;;3*-1. The van der Waals surface area contributed by atoms with Gasteiger partial charge in [-0.2, -0.15) is 0 Å². The van der Waals surface area contributed by atoms with E-state index in [2.05, 4.69) is 0 Å². The first-order chi connectivity index (χ1) is 5.20. The van der Waals surface area contributed by atoms with Crippen LogP contribution in [0.3, 0.4) is 0 Å². The van der Waals surface area contributed by atoms with Crippen molar-refractivity contribution in [3.8, 4) is 0 Å². The zero-order chi connectivity index (χ0) is 10.7. The Balaban J connectivity index is -0.0000000270. The van der Waals surface area contributed by atoms with Crippen molar-refractivity contribution in [2.24, 2.45) is 0 Å². The second-order valence-corrected chi connectivity index (χ2v) is 0.671. The summed E-state index contributed by atoms with van der Waals surface area (Å²) in [6.45, 7) is 0. The van der Waals surface area contributed by atoms with E-state index in [1.165, 1.54) is 0 Å². The van der Waals surface area contributed by atoms with Gasteiger partial charge in [0.1, 0.15) is 0 Å². The van der Waals surface area contributed by atoms with Crippen LogP contribution in [0.1, 0.15) is 0 Å². The van der Waals surface area contributed by atoms with E-state index in [9.17, 15) is 0 Å². The molecule has 14 heteroatoms. The summed E-state index contributed by atoms with van der Waals surface area (Å²) in [4.78, 5) is 24.8. The Bertz CT molecular complexity index is 118. The van der Waals surface area contributed by atoms with Gasteiger partial charge in [-0.15, -0.1) is 12.4 Å². The molecule has 0 rings (SSSR count). The molecule has 0 saturated heterocycles. The van der Waals surface area contributed by atoms with Gasteiger partial charge in [0.05, 0.1) is 15.3 Å². The number of hydrogen-bond donors (Lipinski definition) is 0. The predicted octanol–water partition coefficient (Wildman–Crippen LogP) is -0.676. The van der Waals surface area contributed by atoms with Crippen LogP contribution in [-0.4, -0.2) is 41.5 Å². The Morgan fingerprint density at radius 2 is 0.571 bits per heavy atom. The van der Waals surface area contributed by atoms with Gasteiger partial charge in [-0.1, -0.05) is 0 Å². The second kappa shape index (κ2) is 22.6. The van der Waals surface area contributed by atoms with Gasteiger partial charge >= 0.3 is 26.2 Å². The largest absolute Gasteiger partial charge is 3.00 e. The number of hydrogen-bond acceptors (Lipinski definition) is 9. The summed E-state index contributed by atoms with van der Waals surface area (Å²) >= 11 is 0. The number of nitrogens with zero attached hydrogens (tertiary/aromatic N) is 3. The first kappa shape index (κ1) is 29.3. The molecule has 2 radical (unpaired) electrons. The minimum Gasteiger partial charge on any atom is -0.356 e. The van der Waals surface area contributed by atoms with Gasteiger partial charge in [-0.05, 0) is 0 Å². The van der Waals surface area contributed by atoms with Crippen molar-refractivity contribution in [3.63, 3.8) is 0 Å². The molecule has 0 aromatic rings. The van der Waals surface area contributed by atoms with E-state index < -0.39 is 15.3 Å². The first-order valence-corrected chi connectivity index (χ1v) is 1.64. The van der Waals surface area contributed by atoms with E-state index in [1.807, 2.05) is 0 Å². The van der Waals surface area contributed by atoms with Crippen molar-refractivity contribution in [3.05, 3.63) is 46.0 Å². The maximum Gasteiger partial charge on any atom is 3.00 e. The van der Waals surface area contributed by atoms with Crippen molar-refractivity contribution < 1.29 is 15.3 Å². The fraction of sp³-hybridized carbons (Fsp3) is 0. The van der Waals surface area contributed by atoms with E-state index in [0.717, 1.165) is 0 Å². The smallest absolute Gasteiger partial charge is 0.356 e. The fourth-order valence-electron chi connectivity index (χ4n) is 0. The molecule has 0 aromatic heterocycles. The van der Waals surface area contributed by atoms with Crippen LogP contribution in [0.5, 0.6) is 0 Å². The zero-order valence-electron chi connectivity index (χ0n) is 5.87. The Morgan fingerprint density at radius 3 is 0.571 bits per heavy atom. The molecule has 0 aliphatic heterocycles. The SMILES string of the molecule is Cl.O=[N+]([O-])[O-].O=[N+]([O-])[O-].O=[N+]([O-])[O-].[Bi+3]. The Kier molecular flexibility index (Phi) is 47.3. The van der Waals surface area contributed by atoms with Crippen LogP contribution in [0.25, 0.3) is 0 Å². The maximum absolute atomic E-state index is 8.25. The summed E-state index contributed by atoms with van der Waals surface area (Å²) in [6, 6.07) is 0. The summed E-state index contributed by atoms with van der Waals surface area (Å²) in [5.41, 5.74) is 0. The van der Waals surface area contributed by atoms with Gasteiger partial charge < -0.3 is 46.0 Å². The van der Waals surface area contributed by atoms with Gasteiger partial charge in [-0.3, -0.25) is 0 Å². The third kappa shape index (κ3) is 684. The molecule has 0 fully saturated rings. The quantitative estimate of drug-likeness (QED) is 0.271. The molecule has 0 aliphatic rings. The van der Waals surface area contributed by atoms with E-state index in [4.69, 9.17) is 46.0 Å². The van der Waals surface area contributed by atoms with Gasteiger partial charge in [0.2, 0.25) is 0 Å². The van der Waals surface area contributed by atoms with Crippen LogP contribution >= 0.6 is 12.4 Å². The van der Waals surface area contributed by atoms with Crippen LogP contribution in [0, 0.1) is 46.0 Å². The van der Waals surface area contributed by atoms with E-state index in [0.29, 0.717) is 0 Å². The molecular weight excluding hydrogens is 430 g/mol. The minimum absolute atomic E-state index is 0. The monoisotopic (exact) mass is 431 g/mol. The second-order valence-electron chi connectivity index (χ2n) is 0.671. The van der Waals surface area contributed by atoms with Gasteiger partial charge in [0.15, 0.2) is 0 Å². The fourth-order valence-corrected chi connectivity index (χ4v) is 0. The van der Waals surface area contributed by atoms with Gasteiger partial charge in [0, 0.05) is 0 Å². The van der Waals surface area contributed by atoms with E-state index in [1.54, 1.807) is 0 Å². The van der Waals surface area contributed by atoms with E-state index >= 15 is 0 Å². The average Bonchev–Trinajstić information content (AvgIpc) is 1.54. The molecule has 12 nitrogen and oxygen atoms in total. The molecule has 14 heavy (non-hydrogen) atoms. The van der Waals surface area contributed by atoms with Crippen molar-refractivity contribution in [2.45, 2.75) is 0 Å². The summed E-state index contributed by atoms with van der Waals surface area (Å²) < 4.78 is 0. The van der Waals surface area contributed by atoms with Crippen molar-refractivity contribution in [2.75, 3.05) is 0 Å². The summed E-state index contributed by atoms with van der Waals surface area (Å²) in [5, 5.41) is 44.2. The molecule has 0 N–H and O–H groups in total. The van der Waals surface area contributed by atoms with Crippen LogP contribution in [0.15, 0.2) is 0 Å². The van der Waals surface area contributed by atoms with E-state index in [-0.39, 0.29) is 38.6 Å². The molecule has 0 unspecified atom stereocenters. The molecule has 0 aliphatic carbocycles. The molecule has 0 heterocycles. The summed E-state index contributed by atoms with van der Waals surface area (Å²) in [7, 11) is 0. The van der Waals surface area contributed by atoms with Crippen molar-refractivity contribution in [1.82, 2.24) is 0 Å². The van der Waals surface area contributed by atoms with Crippen LogP contribution in [0.2, 0.25) is 0 Å². The summed E-state index contributed by atoms with van der Waals surface area (Å²) in [5.74, 6) is 0. The molecule has 0 bridgehead atoms. The number of rotatable bonds is 0. The molecule has 0 atom stereocenters. The molecule has 0 saturated carbocycles. The Labute approximate surface area is 100.0 Å². The average molecular weight is 431 g/mol. The third-order valence-electron chi connectivity index (χ3n) is 0. The minimum atomic E-state index is -1.75. The number of halogens is 1. The van der Waals surface area contributed by atoms with Crippen molar-refractivity contribution in [1.29, 1.82) is 0 Å². The van der Waals surface area contributed by atoms with Gasteiger partial charge in [0.25, 0.3) is 0 Å². The topological polar surface area (TPSA) is 199 Å². The molecule has 0 spiro atoms. The predicted molar refractivity (Wildman–Crippen MR) is 44.1 cm³/mol. The summed E-state index contributed by atoms with van der Waals surface area (Å²) in [6.07, 6.45) is 0.